The number of hydrogen-bond donors (Lipinski definition) is 1. The number of rotatable bonds is 12. The lowest BCUT2D eigenvalue weighted by atomic mass is 9.94. The normalized spacial score (nSPS) is 12.3. The fourth-order valence-corrected chi connectivity index (χ4v) is 1.91. The van der Waals surface area contributed by atoms with E-state index in [4.69, 9.17) is 4.74 Å². The minimum atomic E-state index is 0.248. The SMILES string of the molecule is CCCCCCCOCC(C)(C)CNCC(C)C. The third-order valence-corrected chi connectivity index (χ3v) is 3.04. The van der Waals surface area contributed by atoms with Crippen molar-refractivity contribution in [3.05, 3.63) is 0 Å². The fourth-order valence-electron chi connectivity index (χ4n) is 1.91. The molecule has 110 valence electrons. The van der Waals surface area contributed by atoms with Crippen LogP contribution in [-0.2, 0) is 4.74 Å². The van der Waals surface area contributed by atoms with E-state index in [1.165, 1.54) is 32.1 Å². The summed E-state index contributed by atoms with van der Waals surface area (Å²) in [6, 6.07) is 0. The van der Waals surface area contributed by atoms with Crippen LogP contribution >= 0.6 is 0 Å². The quantitative estimate of drug-likeness (QED) is 0.528. The highest BCUT2D eigenvalue weighted by molar-refractivity contribution is 4.71. The standard InChI is InChI=1S/C16H35NO/c1-6-7-8-9-10-11-18-14-16(4,5)13-17-12-15(2)3/h15,17H,6-14H2,1-5H3. The predicted octanol–water partition coefficient (Wildman–Crippen LogP) is 4.25. The van der Waals surface area contributed by atoms with Crippen molar-refractivity contribution in [2.45, 2.75) is 66.7 Å². The number of nitrogens with one attached hydrogen (secondary N) is 1. The van der Waals surface area contributed by atoms with Gasteiger partial charge in [-0.3, -0.25) is 0 Å². The van der Waals surface area contributed by atoms with Gasteiger partial charge in [-0.05, 0) is 18.9 Å². The second kappa shape index (κ2) is 10.8. The van der Waals surface area contributed by atoms with Crippen LogP contribution in [0.5, 0.6) is 0 Å². The Labute approximate surface area is 115 Å². The molecule has 0 saturated carbocycles. The second-order valence-corrected chi connectivity index (χ2v) is 6.66. The monoisotopic (exact) mass is 257 g/mol. The summed E-state index contributed by atoms with van der Waals surface area (Å²) in [5.41, 5.74) is 0.248. The molecule has 0 unspecified atom stereocenters. The summed E-state index contributed by atoms with van der Waals surface area (Å²) < 4.78 is 5.80. The summed E-state index contributed by atoms with van der Waals surface area (Å²) in [5.74, 6) is 0.722. The lowest BCUT2D eigenvalue weighted by Gasteiger charge is -2.25. The fraction of sp³-hybridized carbons (Fsp3) is 1.00. The molecule has 2 nitrogen and oxygen atoms in total. The summed E-state index contributed by atoms with van der Waals surface area (Å²) in [6.45, 7) is 15.2. The van der Waals surface area contributed by atoms with Gasteiger partial charge in [-0.15, -0.1) is 0 Å². The van der Waals surface area contributed by atoms with Crippen molar-refractivity contribution in [3.63, 3.8) is 0 Å². The van der Waals surface area contributed by atoms with Crippen LogP contribution in [0.4, 0.5) is 0 Å². The molecule has 0 heterocycles. The van der Waals surface area contributed by atoms with Crippen LogP contribution in [0, 0.1) is 11.3 Å². The van der Waals surface area contributed by atoms with Crippen LogP contribution < -0.4 is 5.32 Å². The predicted molar refractivity (Wildman–Crippen MR) is 81.1 cm³/mol. The first-order valence-corrected chi connectivity index (χ1v) is 7.76. The van der Waals surface area contributed by atoms with Gasteiger partial charge in [-0.2, -0.15) is 0 Å². The molecule has 0 aliphatic carbocycles. The van der Waals surface area contributed by atoms with Crippen molar-refractivity contribution in [3.8, 4) is 0 Å². The lowest BCUT2D eigenvalue weighted by molar-refractivity contribution is 0.0594. The number of hydrogen-bond acceptors (Lipinski definition) is 2. The topological polar surface area (TPSA) is 21.3 Å². The molecule has 0 aromatic heterocycles. The summed E-state index contributed by atoms with van der Waals surface area (Å²) in [4.78, 5) is 0. The van der Waals surface area contributed by atoms with Crippen LogP contribution in [0.2, 0.25) is 0 Å². The summed E-state index contributed by atoms with van der Waals surface area (Å²) in [7, 11) is 0. The molecule has 0 aliphatic rings. The third kappa shape index (κ3) is 12.4. The Balaban J connectivity index is 3.40. The van der Waals surface area contributed by atoms with Crippen molar-refractivity contribution in [1.29, 1.82) is 0 Å². The van der Waals surface area contributed by atoms with Gasteiger partial charge in [0.2, 0.25) is 0 Å². The maximum Gasteiger partial charge on any atom is 0.0529 e. The maximum atomic E-state index is 5.80. The van der Waals surface area contributed by atoms with Gasteiger partial charge in [0.1, 0.15) is 0 Å². The van der Waals surface area contributed by atoms with Gasteiger partial charge in [0.15, 0.2) is 0 Å². The van der Waals surface area contributed by atoms with E-state index in [-0.39, 0.29) is 5.41 Å². The van der Waals surface area contributed by atoms with Gasteiger partial charge in [-0.1, -0.05) is 60.3 Å². The molecule has 0 atom stereocenters. The highest BCUT2D eigenvalue weighted by Gasteiger charge is 2.17. The van der Waals surface area contributed by atoms with Crippen LogP contribution in [0.25, 0.3) is 0 Å². The Hall–Kier alpha value is -0.0800. The maximum absolute atomic E-state index is 5.80. The molecule has 0 radical (unpaired) electrons. The summed E-state index contributed by atoms with van der Waals surface area (Å²) >= 11 is 0. The third-order valence-electron chi connectivity index (χ3n) is 3.04. The summed E-state index contributed by atoms with van der Waals surface area (Å²) in [6.07, 6.45) is 6.58. The number of unbranched alkanes of at least 4 members (excludes halogenated alkanes) is 4. The molecule has 0 bridgehead atoms. The van der Waals surface area contributed by atoms with Gasteiger partial charge in [0.05, 0.1) is 6.61 Å². The minimum absolute atomic E-state index is 0.248. The Morgan fingerprint density at radius 3 is 2.33 bits per heavy atom. The van der Waals surface area contributed by atoms with E-state index >= 15 is 0 Å². The van der Waals surface area contributed by atoms with Gasteiger partial charge < -0.3 is 10.1 Å². The van der Waals surface area contributed by atoms with Gasteiger partial charge in [0, 0.05) is 18.6 Å². The van der Waals surface area contributed by atoms with E-state index in [0.717, 1.165) is 32.2 Å². The van der Waals surface area contributed by atoms with Gasteiger partial charge in [-0.25, -0.2) is 0 Å². The van der Waals surface area contributed by atoms with Crippen LogP contribution in [-0.4, -0.2) is 26.3 Å². The first-order chi connectivity index (χ1) is 8.48. The Bertz CT molecular complexity index is 178. The smallest absolute Gasteiger partial charge is 0.0529 e. The lowest BCUT2D eigenvalue weighted by Crippen LogP contribution is -2.35. The molecule has 0 saturated heterocycles. The molecule has 0 fully saturated rings. The average molecular weight is 257 g/mol. The minimum Gasteiger partial charge on any atom is -0.381 e. The van der Waals surface area contributed by atoms with E-state index in [2.05, 4.69) is 39.9 Å². The molecule has 0 aliphatic heterocycles. The highest BCUT2D eigenvalue weighted by atomic mass is 16.5. The van der Waals surface area contributed by atoms with Crippen molar-refractivity contribution in [2.24, 2.45) is 11.3 Å². The molecule has 0 amide bonds. The molecule has 18 heavy (non-hydrogen) atoms. The molecular weight excluding hydrogens is 222 g/mol. The Morgan fingerprint density at radius 1 is 1.06 bits per heavy atom. The zero-order valence-electron chi connectivity index (χ0n) is 13.3. The van der Waals surface area contributed by atoms with Crippen molar-refractivity contribution in [1.82, 2.24) is 5.32 Å². The zero-order chi connectivity index (χ0) is 13.9. The first-order valence-electron chi connectivity index (χ1n) is 7.76. The van der Waals surface area contributed by atoms with Gasteiger partial charge in [0.25, 0.3) is 0 Å². The highest BCUT2D eigenvalue weighted by Crippen LogP contribution is 2.14. The van der Waals surface area contributed by atoms with E-state index in [1.807, 2.05) is 0 Å². The average Bonchev–Trinajstić information content (AvgIpc) is 2.27. The first kappa shape index (κ1) is 17.9. The van der Waals surface area contributed by atoms with Crippen molar-refractivity contribution < 1.29 is 4.74 Å². The van der Waals surface area contributed by atoms with Crippen molar-refractivity contribution >= 4 is 0 Å². The van der Waals surface area contributed by atoms with E-state index in [0.29, 0.717) is 0 Å². The molecule has 0 rings (SSSR count). The Kier molecular flexibility index (Phi) is 10.8. The van der Waals surface area contributed by atoms with E-state index < -0.39 is 0 Å². The van der Waals surface area contributed by atoms with Crippen LogP contribution in [0.3, 0.4) is 0 Å². The molecule has 2 heteroatoms. The largest absolute Gasteiger partial charge is 0.381 e. The molecule has 0 aromatic carbocycles. The van der Waals surface area contributed by atoms with Crippen LogP contribution in [0.1, 0.15) is 66.7 Å². The molecule has 0 aromatic rings. The van der Waals surface area contributed by atoms with E-state index in [1.54, 1.807) is 0 Å². The van der Waals surface area contributed by atoms with E-state index in [9.17, 15) is 0 Å². The van der Waals surface area contributed by atoms with Crippen molar-refractivity contribution in [2.75, 3.05) is 26.3 Å². The number of ether oxygens (including phenoxy) is 1. The second-order valence-electron chi connectivity index (χ2n) is 6.66. The van der Waals surface area contributed by atoms with Crippen LogP contribution in [0.15, 0.2) is 0 Å². The zero-order valence-corrected chi connectivity index (χ0v) is 13.3. The Morgan fingerprint density at radius 2 is 1.72 bits per heavy atom. The molecular formula is C16H35NO. The van der Waals surface area contributed by atoms with Gasteiger partial charge >= 0.3 is 0 Å². The molecule has 0 spiro atoms. The molecule has 1 N–H and O–H groups in total. The summed E-state index contributed by atoms with van der Waals surface area (Å²) in [5, 5.41) is 3.51.